The predicted octanol–water partition coefficient (Wildman–Crippen LogP) is 3.72. The lowest BCUT2D eigenvalue weighted by molar-refractivity contribution is -0.384. The maximum absolute atomic E-state index is 12.9. The number of rotatable bonds is 8. The van der Waals surface area contributed by atoms with Crippen LogP contribution in [0.4, 0.5) is 17.1 Å². The molecule has 0 aliphatic heterocycles. The first-order chi connectivity index (χ1) is 17.8. The molecule has 0 aliphatic rings. The van der Waals surface area contributed by atoms with Crippen LogP contribution in [0.25, 0.3) is 5.69 Å². The second-order valence-corrected chi connectivity index (χ2v) is 7.84. The van der Waals surface area contributed by atoms with Crippen LogP contribution in [-0.2, 0) is 4.79 Å². The van der Waals surface area contributed by atoms with E-state index in [-0.39, 0.29) is 23.9 Å². The molecule has 3 aromatic carbocycles. The van der Waals surface area contributed by atoms with Gasteiger partial charge in [-0.1, -0.05) is 36.4 Å². The summed E-state index contributed by atoms with van der Waals surface area (Å²) in [6.07, 6.45) is 0. The number of nitrogens with one attached hydrogen (secondary N) is 2. The first kappa shape index (κ1) is 24.8. The van der Waals surface area contributed by atoms with Crippen molar-refractivity contribution in [2.75, 3.05) is 17.2 Å². The molecule has 0 atom stereocenters. The molecule has 1 aromatic heterocycles. The number of para-hydroxylation sites is 3. The summed E-state index contributed by atoms with van der Waals surface area (Å²) in [5.41, 5.74) is 0.0452. The fourth-order valence-electron chi connectivity index (χ4n) is 3.47. The molecule has 2 amide bonds. The molecule has 0 aliphatic carbocycles. The molecule has 0 fully saturated rings. The first-order valence-corrected chi connectivity index (χ1v) is 11.1. The molecule has 0 saturated carbocycles. The molecule has 4 rings (SSSR count). The fraction of sp³-hybridized carbons (Fsp3) is 0.0769. The summed E-state index contributed by atoms with van der Waals surface area (Å²) in [4.78, 5) is 48.4. The molecule has 37 heavy (non-hydrogen) atoms. The minimum Gasteiger partial charge on any atom is -0.484 e. The number of nitro benzene ring substituents is 1. The summed E-state index contributed by atoms with van der Waals surface area (Å²) in [7, 11) is 0. The van der Waals surface area contributed by atoms with E-state index in [4.69, 9.17) is 4.74 Å². The number of amides is 2. The minimum atomic E-state index is -0.809. The van der Waals surface area contributed by atoms with Gasteiger partial charge in [-0.2, -0.15) is 5.10 Å². The van der Waals surface area contributed by atoms with Crippen LogP contribution in [0.5, 0.6) is 5.75 Å². The van der Waals surface area contributed by atoms with E-state index in [2.05, 4.69) is 15.7 Å². The van der Waals surface area contributed by atoms with Crippen molar-refractivity contribution in [3.63, 3.8) is 0 Å². The van der Waals surface area contributed by atoms with Gasteiger partial charge in [0.15, 0.2) is 12.3 Å². The second kappa shape index (κ2) is 11.0. The molecule has 11 nitrogen and oxygen atoms in total. The van der Waals surface area contributed by atoms with E-state index in [0.29, 0.717) is 22.8 Å². The van der Waals surface area contributed by atoms with E-state index in [9.17, 15) is 24.5 Å². The van der Waals surface area contributed by atoms with Crippen LogP contribution in [-0.4, -0.2) is 33.1 Å². The molecule has 186 valence electrons. The van der Waals surface area contributed by atoms with Crippen molar-refractivity contribution in [3.8, 4) is 11.4 Å². The highest BCUT2D eigenvalue weighted by Crippen LogP contribution is 2.22. The molecule has 1 heterocycles. The molecule has 0 unspecified atom stereocenters. The maximum atomic E-state index is 12.9. The largest absolute Gasteiger partial charge is 0.484 e. The molecule has 0 bridgehead atoms. The Balaban J connectivity index is 1.49. The van der Waals surface area contributed by atoms with Crippen molar-refractivity contribution >= 4 is 28.9 Å². The predicted molar refractivity (Wildman–Crippen MR) is 136 cm³/mol. The number of nitrogens with zero attached hydrogens (tertiary/aromatic N) is 3. The number of carbonyl (C=O) groups excluding carboxylic acids is 2. The van der Waals surface area contributed by atoms with Crippen molar-refractivity contribution in [1.29, 1.82) is 0 Å². The van der Waals surface area contributed by atoms with Crippen molar-refractivity contribution in [1.82, 2.24) is 9.78 Å². The van der Waals surface area contributed by atoms with Crippen molar-refractivity contribution in [2.24, 2.45) is 0 Å². The Morgan fingerprint density at radius 2 is 1.65 bits per heavy atom. The smallest absolute Gasteiger partial charge is 0.294 e. The molecule has 2 N–H and O–H groups in total. The van der Waals surface area contributed by atoms with Crippen LogP contribution >= 0.6 is 0 Å². The van der Waals surface area contributed by atoms with Crippen LogP contribution in [0.1, 0.15) is 16.2 Å². The minimum absolute atomic E-state index is 0.114. The summed E-state index contributed by atoms with van der Waals surface area (Å²) in [6.45, 7) is 1.30. The van der Waals surface area contributed by atoms with E-state index in [1.54, 1.807) is 55.5 Å². The average molecular weight is 499 g/mol. The van der Waals surface area contributed by atoms with E-state index >= 15 is 0 Å². The molecule has 0 spiro atoms. The average Bonchev–Trinajstić information content (AvgIpc) is 2.88. The number of nitro groups is 1. The van der Waals surface area contributed by atoms with Crippen LogP contribution in [0.15, 0.2) is 89.7 Å². The highest BCUT2D eigenvalue weighted by atomic mass is 16.6. The zero-order valence-electron chi connectivity index (χ0n) is 19.6. The van der Waals surface area contributed by atoms with Gasteiger partial charge in [-0.15, -0.1) is 0 Å². The number of aryl methyl sites for hydroxylation is 1. The van der Waals surface area contributed by atoms with E-state index in [1.165, 1.54) is 35.0 Å². The van der Waals surface area contributed by atoms with Gasteiger partial charge in [-0.05, 0) is 37.3 Å². The Kier molecular flexibility index (Phi) is 7.34. The van der Waals surface area contributed by atoms with Gasteiger partial charge in [0.1, 0.15) is 11.4 Å². The first-order valence-electron chi connectivity index (χ1n) is 11.1. The van der Waals surface area contributed by atoms with Gasteiger partial charge in [-0.25, -0.2) is 4.68 Å². The van der Waals surface area contributed by atoms with Crippen molar-refractivity contribution in [2.45, 2.75) is 6.92 Å². The number of carbonyl (C=O) groups is 2. The normalized spacial score (nSPS) is 10.4. The van der Waals surface area contributed by atoms with Gasteiger partial charge < -0.3 is 15.4 Å². The zero-order chi connectivity index (χ0) is 26.4. The maximum Gasteiger partial charge on any atom is 0.294 e. The summed E-state index contributed by atoms with van der Waals surface area (Å²) < 4.78 is 6.69. The Labute approximate surface area is 210 Å². The van der Waals surface area contributed by atoms with Gasteiger partial charge in [0, 0.05) is 35.3 Å². The second-order valence-electron chi connectivity index (χ2n) is 7.84. The highest BCUT2D eigenvalue weighted by molar-refractivity contribution is 6.02. The van der Waals surface area contributed by atoms with Crippen LogP contribution in [0.2, 0.25) is 0 Å². The number of anilines is 2. The fourth-order valence-corrected chi connectivity index (χ4v) is 3.47. The number of aromatic nitrogens is 2. The molecule has 4 aromatic rings. The van der Waals surface area contributed by atoms with E-state index in [0.717, 1.165) is 0 Å². The Hall–Kier alpha value is -5.32. The van der Waals surface area contributed by atoms with E-state index < -0.39 is 22.0 Å². The monoisotopic (exact) mass is 499 g/mol. The standard InChI is InChI=1S/C26H21N5O6/c1-17-14-23(32)25(29-30(17)21-12-5-6-13-22(21)31(35)36)26(34)28-19-10-7-11-20(15-19)37-16-24(33)27-18-8-3-2-4-9-18/h2-15H,16H2,1H3,(H,27,33)(H,28,34). The van der Waals surface area contributed by atoms with Crippen LogP contribution in [0.3, 0.4) is 0 Å². The molecule has 0 saturated heterocycles. The summed E-state index contributed by atoms with van der Waals surface area (Å²) in [5, 5.41) is 20.8. The number of hydrogen-bond acceptors (Lipinski definition) is 7. The number of ether oxygens (including phenoxy) is 1. The number of benzene rings is 3. The lowest BCUT2D eigenvalue weighted by atomic mass is 10.2. The highest BCUT2D eigenvalue weighted by Gasteiger charge is 2.20. The lowest BCUT2D eigenvalue weighted by Gasteiger charge is -2.12. The SMILES string of the molecule is Cc1cc(=O)c(C(=O)Nc2cccc(OCC(=O)Nc3ccccc3)c2)nn1-c1ccccc1[N+](=O)[O-]. The Morgan fingerprint density at radius 3 is 2.41 bits per heavy atom. The Bertz CT molecular complexity index is 1530. The summed E-state index contributed by atoms with van der Waals surface area (Å²) in [6, 6.07) is 22.2. The molecule has 0 radical (unpaired) electrons. The molecular formula is C26H21N5O6. The summed E-state index contributed by atoms with van der Waals surface area (Å²) in [5.74, 6) is -0.855. The third-order valence-corrected chi connectivity index (χ3v) is 5.15. The zero-order valence-corrected chi connectivity index (χ0v) is 19.6. The van der Waals surface area contributed by atoms with Gasteiger partial charge in [0.2, 0.25) is 5.43 Å². The van der Waals surface area contributed by atoms with Crippen LogP contribution in [0, 0.1) is 17.0 Å². The molecular weight excluding hydrogens is 478 g/mol. The quantitative estimate of drug-likeness (QED) is 0.278. The third kappa shape index (κ3) is 6.03. The Morgan fingerprint density at radius 1 is 0.946 bits per heavy atom. The van der Waals surface area contributed by atoms with Gasteiger partial charge in [0.25, 0.3) is 17.5 Å². The van der Waals surface area contributed by atoms with Crippen molar-refractivity contribution < 1.29 is 19.2 Å². The van der Waals surface area contributed by atoms with Gasteiger partial charge >= 0.3 is 0 Å². The number of hydrogen-bond donors (Lipinski definition) is 2. The van der Waals surface area contributed by atoms with Crippen molar-refractivity contribution in [3.05, 3.63) is 117 Å². The van der Waals surface area contributed by atoms with Gasteiger partial charge in [-0.3, -0.25) is 24.5 Å². The van der Waals surface area contributed by atoms with Gasteiger partial charge in [0.05, 0.1) is 4.92 Å². The third-order valence-electron chi connectivity index (χ3n) is 5.15. The van der Waals surface area contributed by atoms with E-state index in [1.807, 2.05) is 6.07 Å². The van der Waals surface area contributed by atoms with Crippen LogP contribution < -0.4 is 20.8 Å². The molecule has 11 heteroatoms. The lowest BCUT2D eigenvalue weighted by Crippen LogP contribution is -2.27. The topological polar surface area (TPSA) is 145 Å². The summed E-state index contributed by atoms with van der Waals surface area (Å²) >= 11 is 0.